The maximum atomic E-state index is 13.9. The van der Waals surface area contributed by atoms with E-state index in [1.54, 1.807) is 12.1 Å². The molecule has 232 valence electrons. The molecule has 3 saturated carbocycles. The van der Waals surface area contributed by atoms with Crippen LogP contribution in [-0.4, -0.2) is 49.9 Å². The van der Waals surface area contributed by atoms with Crippen molar-refractivity contribution in [2.75, 3.05) is 25.5 Å². The van der Waals surface area contributed by atoms with Gasteiger partial charge in [0.2, 0.25) is 5.91 Å². The van der Waals surface area contributed by atoms with Crippen LogP contribution in [0.3, 0.4) is 0 Å². The van der Waals surface area contributed by atoms with Crippen LogP contribution in [0, 0.1) is 35.4 Å². The molecule has 0 radical (unpaired) electrons. The van der Waals surface area contributed by atoms with Gasteiger partial charge in [0.15, 0.2) is 0 Å². The molecule has 2 amide bonds. The summed E-state index contributed by atoms with van der Waals surface area (Å²) in [7, 11) is 1.47. The number of carbonyl (C=O) groups is 2. The highest BCUT2D eigenvalue weighted by Gasteiger charge is 2.55. The first-order valence-electron chi connectivity index (χ1n) is 14.9. The lowest BCUT2D eigenvalue weighted by atomic mass is 9.83. The predicted molar refractivity (Wildman–Crippen MR) is 153 cm³/mol. The number of hydrogen-bond acceptors (Lipinski definition) is 6. The second-order valence-corrected chi connectivity index (χ2v) is 12.3. The topological polar surface area (TPSA) is 101 Å². The van der Waals surface area contributed by atoms with Gasteiger partial charge in [0.25, 0.3) is 5.91 Å². The van der Waals surface area contributed by atoms with E-state index in [9.17, 15) is 27.2 Å². The number of carbonyl (C=O) groups excluding carboxylic acids is 2. The average molecular weight is 613 g/mol. The molecular weight excluding hydrogens is 580 g/mol. The van der Waals surface area contributed by atoms with Gasteiger partial charge in [-0.3, -0.25) is 9.59 Å². The van der Waals surface area contributed by atoms with Crippen LogP contribution in [-0.2, 0) is 15.8 Å². The van der Waals surface area contributed by atoms with E-state index in [-0.39, 0.29) is 35.1 Å². The van der Waals surface area contributed by atoms with Crippen molar-refractivity contribution in [1.29, 1.82) is 0 Å². The van der Waals surface area contributed by atoms with Crippen molar-refractivity contribution < 1.29 is 36.7 Å². The van der Waals surface area contributed by atoms with Gasteiger partial charge in [-0.1, -0.05) is 16.8 Å². The number of halogens is 4. The standard InChI is InChI=1S/C32H32F4N4O4/c1-43-25-9-4-16(28-22-13-37-14-26(22)44-40-28)11-21(25)30(41)39-29-19-7-6-18(20(19)10-15-2-3-15)27(29)31(42)38-17-5-8-24(33)23(12-17)32(34,35)36/h4-5,8-12,15,18-19,22,26-27,29,37H,2-3,6-7,13-14H2,1H3,(H,38,42)(H,39,41)/b20-10-/t18-,19+,22?,26?,27-,29+/m0/s1. The van der Waals surface area contributed by atoms with Crippen molar-refractivity contribution in [1.82, 2.24) is 10.6 Å². The lowest BCUT2D eigenvalue weighted by molar-refractivity contribution is -0.140. The van der Waals surface area contributed by atoms with Crippen LogP contribution in [0.4, 0.5) is 23.2 Å². The van der Waals surface area contributed by atoms with Crippen molar-refractivity contribution in [2.24, 2.45) is 34.7 Å². The maximum Gasteiger partial charge on any atom is 0.419 e. The van der Waals surface area contributed by atoms with Crippen molar-refractivity contribution in [2.45, 2.75) is 44.0 Å². The summed E-state index contributed by atoms with van der Waals surface area (Å²) in [6.45, 7) is 1.41. The van der Waals surface area contributed by atoms with Gasteiger partial charge < -0.3 is 25.5 Å². The maximum absolute atomic E-state index is 13.9. The van der Waals surface area contributed by atoms with E-state index in [2.05, 4.69) is 27.2 Å². The number of fused-ring (bicyclic) bond motifs is 3. The predicted octanol–water partition coefficient (Wildman–Crippen LogP) is 4.90. The zero-order valence-electron chi connectivity index (χ0n) is 23.9. The van der Waals surface area contributed by atoms with Gasteiger partial charge in [0.05, 0.1) is 35.8 Å². The molecule has 2 aliphatic heterocycles. The van der Waals surface area contributed by atoms with E-state index >= 15 is 0 Å². The number of anilines is 1. The molecule has 2 unspecified atom stereocenters. The van der Waals surface area contributed by atoms with Crippen molar-refractivity contribution in [3.63, 3.8) is 0 Å². The van der Waals surface area contributed by atoms with Crippen LogP contribution < -0.4 is 20.7 Å². The third kappa shape index (κ3) is 5.12. The molecule has 1 saturated heterocycles. The van der Waals surface area contributed by atoms with E-state index in [4.69, 9.17) is 9.57 Å². The largest absolute Gasteiger partial charge is 0.496 e. The Morgan fingerprint density at radius 3 is 2.59 bits per heavy atom. The summed E-state index contributed by atoms with van der Waals surface area (Å²) in [6.07, 6.45) is 0.923. The number of methoxy groups -OCH3 is 1. The van der Waals surface area contributed by atoms with Crippen LogP contribution in [0.15, 0.2) is 53.2 Å². The van der Waals surface area contributed by atoms with Gasteiger partial charge in [-0.05, 0) is 73.9 Å². The lowest BCUT2D eigenvalue weighted by Gasteiger charge is -2.30. The number of alkyl halides is 3. The summed E-state index contributed by atoms with van der Waals surface area (Å²) in [4.78, 5) is 33.2. The van der Waals surface area contributed by atoms with Crippen molar-refractivity contribution in [3.05, 3.63) is 70.6 Å². The first-order chi connectivity index (χ1) is 21.1. The average Bonchev–Trinajstić information content (AvgIpc) is 3.27. The van der Waals surface area contributed by atoms with E-state index in [0.717, 1.165) is 48.6 Å². The quantitative estimate of drug-likeness (QED) is 0.305. The van der Waals surface area contributed by atoms with Crippen molar-refractivity contribution >= 4 is 23.2 Å². The van der Waals surface area contributed by atoms with Crippen LogP contribution in [0.5, 0.6) is 5.75 Å². The molecule has 5 aliphatic rings. The summed E-state index contributed by atoms with van der Waals surface area (Å²) in [6, 6.07) is 7.08. The number of nitrogens with one attached hydrogen (secondary N) is 3. The zero-order valence-corrected chi connectivity index (χ0v) is 23.9. The number of nitrogens with zero attached hydrogens (tertiary/aromatic N) is 1. The second kappa shape index (κ2) is 10.9. The summed E-state index contributed by atoms with van der Waals surface area (Å²) in [5.74, 6) is -2.43. The Bertz CT molecular complexity index is 1570. The minimum Gasteiger partial charge on any atom is -0.496 e. The Morgan fingerprint density at radius 2 is 1.84 bits per heavy atom. The lowest BCUT2D eigenvalue weighted by Crippen LogP contribution is -2.48. The van der Waals surface area contributed by atoms with E-state index in [1.807, 2.05) is 6.07 Å². The van der Waals surface area contributed by atoms with Gasteiger partial charge in [-0.25, -0.2) is 4.39 Å². The van der Waals surface area contributed by atoms with Crippen molar-refractivity contribution in [3.8, 4) is 5.75 Å². The van der Waals surface area contributed by atoms with Crippen LogP contribution in [0.25, 0.3) is 0 Å². The summed E-state index contributed by atoms with van der Waals surface area (Å²) >= 11 is 0. The number of amides is 2. The molecule has 8 nitrogen and oxygen atoms in total. The Balaban J connectivity index is 1.17. The number of allylic oxidation sites excluding steroid dienone is 1. The highest BCUT2D eigenvalue weighted by atomic mass is 19.4. The fourth-order valence-corrected chi connectivity index (χ4v) is 7.38. The molecule has 4 fully saturated rings. The normalized spacial score (nSPS) is 29.8. The van der Waals surface area contributed by atoms with Gasteiger partial charge >= 0.3 is 6.18 Å². The fourth-order valence-electron chi connectivity index (χ4n) is 7.38. The van der Waals surface area contributed by atoms with E-state index in [0.29, 0.717) is 36.9 Å². The number of benzene rings is 2. The summed E-state index contributed by atoms with van der Waals surface area (Å²) in [5.41, 5.74) is 1.29. The van der Waals surface area contributed by atoms with Gasteiger partial charge in [-0.15, -0.1) is 0 Å². The minimum absolute atomic E-state index is 0.0531. The van der Waals surface area contributed by atoms with E-state index < -0.39 is 41.3 Å². The highest BCUT2D eigenvalue weighted by molar-refractivity contribution is 6.06. The molecule has 2 heterocycles. The molecular formula is C32H32F4N4O4. The number of rotatable bonds is 7. The third-order valence-corrected chi connectivity index (χ3v) is 9.62. The first kappa shape index (κ1) is 28.8. The summed E-state index contributed by atoms with van der Waals surface area (Å²) < 4.78 is 59.5. The molecule has 3 N–H and O–H groups in total. The Hall–Kier alpha value is -3.93. The Morgan fingerprint density at radius 1 is 1.05 bits per heavy atom. The minimum atomic E-state index is -4.91. The molecule has 0 spiro atoms. The van der Waals surface area contributed by atoms with Gasteiger partial charge in [0, 0.05) is 36.3 Å². The monoisotopic (exact) mass is 612 g/mol. The molecule has 3 aliphatic carbocycles. The number of hydrogen-bond donors (Lipinski definition) is 3. The summed E-state index contributed by atoms with van der Waals surface area (Å²) in [5, 5.41) is 13.3. The molecule has 0 aromatic heterocycles. The Kier molecular flexibility index (Phi) is 7.14. The highest BCUT2D eigenvalue weighted by Crippen LogP contribution is 2.54. The second-order valence-electron chi connectivity index (χ2n) is 12.3. The Labute approximate surface area is 251 Å². The number of oxime groups is 1. The smallest absolute Gasteiger partial charge is 0.419 e. The molecule has 12 heteroatoms. The van der Waals surface area contributed by atoms with Gasteiger partial charge in [-0.2, -0.15) is 13.2 Å². The molecule has 2 aromatic rings. The SMILES string of the molecule is COc1ccc(C2=NOC3CNCC23)cc1C(=O)N[C@H]1[C@@H](C(=O)Nc2ccc(F)c(C(F)(F)F)c2)[C@H]2CC[C@@H]1/C2=C\C1CC1. The van der Waals surface area contributed by atoms with Crippen LogP contribution in [0.1, 0.15) is 47.2 Å². The van der Waals surface area contributed by atoms with E-state index in [1.165, 1.54) is 7.11 Å². The van der Waals surface area contributed by atoms with Crippen LogP contribution in [0.2, 0.25) is 0 Å². The number of ether oxygens (including phenoxy) is 1. The first-order valence-corrected chi connectivity index (χ1v) is 14.9. The molecule has 2 aromatic carbocycles. The fraction of sp³-hybridized carbons (Fsp3) is 0.469. The zero-order chi connectivity index (χ0) is 30.7. The molecule has 2 bridgehead atoms. The van der Waals surface area contributed by atoms with Crippen LogP contribution >= 0.6 is 0 Å². The molecule has 44 heavy (non-hydrogen) atoms. The molecule has 6 atom stereocenters. The third-order valence-electron chi connectivity index (χ3n) is 9.62. The molecule has 7 rings (SSSR count). The van der Waals surface area contributed by atoms with Gasteiger partial charge in [0.1, 0.15) is 17.7 Å².